The van der Waals surface area contributed by atoms with Gasteiger partial charge in [-0.05, 0) is 62.1 Å². The lowest BCUT2D eigenvalue weighted by Crippen LogP contribution is -2.61. The molecule has 3 heterocycles. The highest BCUT2D eigenvalue weighted by Crippen LogP contribution is 2.30. The highest BCUT2D eigenvalue weighted by atomic mass is 35.5. The van der Waals surface area contributed by atoms with Gasteiger partial charge in [0.15, 0.2) is 5.60 Å². The number of piperidine rings is 1. The number of rotatable bonds is 6. The van der Waals surface area contributed by atoms with Crippen LogP contribution in [0, 0.1) is 5.82 Å². The Morgan fingerprint density at radius 1 is 1.05 bits per heavy atom. The van der Waals surface area contributed by atoms with Crippen LogP contribution in [0.4, 0.5) is 10.1 Å². The van der Waals surface area contributed by atoms with E-state index in [4.69, 9.17) is 17.3 Å². The zero-order chi connectivity index (χ0) is 27.0. The van der Waals surface area contributed by atoms with Crippen LogP contribution < -0.4 is 11.1 Å². The summed E-state index contributed by atoms with van der Waals surface area (Å²) in [6, 6.07) is 11.7. The van der Waals surface area contributed by atoms with Gasteiger partial charge >= 0.3 is 0 Å². The van der Waals surface area contributed by atoms with E-state index in [-0.39, 0.29) is 37.1 Å². The third kappa shape index (κ3) is 6.36. The number of carbonyl (C=O) groups is 2. The highest BCUT2D eigenvalue weighted by Gasteiger charge is 2.40. The molecule has 4 N–H and O–H groups in total. The Morgan fingerprint density at radius 2 is 1.74 bits per heavy atom. The van der Waals surface area contributed by atoms with Crippen molar-refractivity contribution >= 4 is 42.6 Å². The van der Waals surface area contributed by atoms with Crippen LogP contribution in [0.1, 0.15) is 42.1 Å². The number of nitrogens with two attached hydrogens (primary N) is 1. The van der Waals surface area contributed by atoms with Crippen LogP contribution >= 0.6 is 25.1 Å². The predicted octanol–water partition coefficient (Wildman–Crippen LogP) is 2.76. The van der Waals surface area contributed by atoms with E-state index in [1.165, 1.54) is 25.1 Å². The fraction of sp³-hybridized carbons (Fsp3) is 0.500. The molecule has 5 rings (SSSR count). The SMILES string of the molecule is C[C@@](O)(C(=O)N1CCC(N2CC(Nc3ccc(C(=O)N4CCC(N)C4)c(Cl)c3)C2)CC1)c1cccc(F)c1.S. The molecule has 2 atom stereocenters. The number of hydrogen-bond acceptors (Lipinski definition) is 6. The number of anilines is 1. The van der Waals surface area contributed by atoms with Gasteiger partial charge in [0.05, 0.1) is 16.6 Å². The number of amides is 2. The Balaban J connectivity index is 0.00000353. The average molecular weight is 578 g/mol. The maximum atomic E-state index is 13.6. The molecule has 0 spiro atoms. The molecule has 8 nitrogen and oxygen atoms in total. The van der Waals surface area contributed by atoms with E-state index in [9.17, 15) is 19.1 Å². The lowest BCUT2D eigenvalue weighted by atomic mass is 9.92. The molecule has 3 aliphatic heterocycles. The molecule has 0 aromatic heterocycles. The van der Waals surface area contributed by atoms with Gasteiger partial charge in [-0.15, -0.1) is 0 Å². The van der Waals surface area contributed by atoms with Crippen molar-refractivity contribution in [3.8, 4) is 0 Å². The summed E-state index contributed by atoms with van der Waals surface area (Å²) in [7, 11) is 0. The minimum absolute atomic E-state index is 0. The minimum Gasteiger partial charge on any atom is -0.380 e. The predicted molar refractivity (Wildman–Crippen MR) is 155 cm³/mol. The zero-order valence-electron chi connectivity index (χ0n) is 22.1. The van der Waals surface area contributed by atoms with Gasteiger partial charge in [-0.25, -0.2) is 4.39 Å². The molecular weight excluding hydrogens is 541 g/mol. The van der Waals surface area contributed by atoms with Gasteiger partial charge in [0.25, 0.3) is 11.8 Å². The summed E-state index contributed by atoms with van der Waals surface area (Å²) in [5.41, 5.74) is 5.81. The van der Waals surface area contributed by atoms with Gasteiger partial charge in [0, 0.05) is 57.0 Å². The topological polar surface area (TPSA) is 102 Å². The first-order valence-electron chi connectivity index (χ1n) is 13.2. The Kier molecular flexibility index (Phi) is 9.12. The minimum atomic E-state index is -1.76. The molecule has 39 heavy (non-hydrogen) atoms. The van der Waals surface area contributed by atoms with Gasteiger partial charge in [0.1, 0.15) is 5.82 Å². The van der Waals surface area contributed by atoms with Crippen molar-refractivity contribution in [2.75, 3.05) is 44.6 Å². The van der Waals surface area contributed by atoms with E-state index in [1.54, 1.807) is 21.9 Å². The Bertz CT molecular complexity index is 1200. The van der Waals surface area contributed by atoms with E-state index in [0.717, 1.165) is 38.0 Å². The van der Waals surface area contributed by atoms with E-state index < -0.39 is 17.3 Å². The third-order valence-electron chi connectivity index (χ3n) is 8.06. The van der Waals surface area contributed by atoms with Crippen molar-refractivity contribution in [3.63, 3.8) is 0 Å². The van der Waals surface area contributed by atoms with Crippen molar-refractivity contribution < 1.29 is 19.1 Å². The smallest absolute Gasteiger partial charge is 0.258 e. The summed E-state index contributed by atoms with van der Waals surface area (Å²) in [5, 5.41) is 14.8. The van der Waals surface area contributed by atoms with E-state index in [1.807, 2.05) is 12.1 Å². The van der Waals surface area contributed by atoms with Crippen molar-refractivity contribution in [1.29, 1.82) is 0 Å². The van der Waals surface area contributed by atoms with Crippen molar-refractivity contribution in [1.82, 2.24) is 14.7 Å². The standard InChI is InChI=1S/C28H35ClFN5O3.H2S/c1-28(38,18-3-2-4-19(30)13-18)27(37)33-11-8-23(9-12-33)35-16-22(17-35)32-21-5-6-24(25(29)14-21)26(36)34-10-7-20(31)15-34;/h2-6,13-14,20,22-23,32,38H,7-12,15-17,31H2,1H3;1H2/t20?,28-;/m0./s1. The first kappa shape index (κ1) is 29.6. The van der Waals surface area contributed by atoms with Crippen LogP contribution in [0.15, 0.2) is 42.5 Å². The van der Waals surface area contributed by atoms with Crippen LogP contribution in [0.5, 0.6) is 0 Å². The summed E-state index contributed by atoms with van der Waals surface area (Å²) in [6.45, 7) is 5.51. The van der Waals surface area contributed by atoms with Crippen LogP contribution in [0.3, 0.4) is 0 Å². The largest absolute Gasteiger partial charge is 0.380 e. The average Bonchev–Trinajstić information content (AvgIpc) is 3.31. The van der Waals surface area contributed by atoms with Crippen LogP contribution in [-0.4, -0.2) is 89.0 Å². The summed E-state index contributed by atoms with van der Waals surface area (Å²) >= 11 is 6.45. The first-order valence-corrected chi connectivity index (χ1v) is 13.6. The quantitative estimate of drug-likeness (QED) is 0.488. The Labute approximate surface area is 240 Å². The number of hydrogen-bond donors (Lipinski definition) is 3. The van der Waals surface area contributed by atoms with Gasteiger partial charge in [0.2, 0.25) is 0 Å². The number of likely N-dealkylation sites (tertiary alicyclic amines) is 3. The number of nitrogens with zero attached hydrogens (tertiary/aromatic N) is 3. The molecular formula is C28H37ClFN5O3S. The van der Waals surface area contributed by atoms with Crippen molar-refractivity contribution in [3.05, 3.63) is 64.4 Å². The molecule has 0 bridgehead atoms. The maximum absolute atomic E-state index is 13.6. The molecule has 3 fully saturated rings. The summed E-state index contributed by atoms with van der Waals surface area (Å²) in [6.07, 6.45) is 2.45. The van der Waals surface area contributed by atoms with Crippen LogP contribution in [0.2, 0.25) is 5.02 Å². The molecule has 1 unspecified atom stereocenters. The zero-order valence-corrected chi connectivity index (χ0v) is 23.8. The number of carbonyl (C=O) groups excluding carboxylic acids is 2. The molecule has 2 aromatic rings. The molecule has 2 amide bonds. The summed E-state index contributed by atoms with van der Waals surface area (Å²) in [5.74, 6) is -0.947. The van der Waals surface area contributed by atoms with Gasteiger partial charge in [-0.1, -0.05) is 23.7 Å². The Hall–Kier alpha value is -2.37. The summed E-state index contributed by atoms with van der Waals surface area (Å²) < 4.78 is 13.6. The van der Waals surface area contributed by atoms with E-state index >= 15 is 0 Å². The molecule has 3 saturated heterocycles. The Morgan fingerprint density at radius 3 is 2.36 bits per heavy atom. The van der Waals surface area contributed by atoms with Crippen molar-refractivity contribution in [2.45, 2.75) is 49.9 Å². The van der Waals surface area contributed by atoms with Crippen LogP contribution in [0.25, 0.3) is 0 Å². The second kappa shape index (κ2) is 12.0. The molecule has 2 aromatic carbocycles. The normalized spacial score (nSPS) is 22.1. The van der Waals surface area contributed by atoms with Crippen LogP contribution in [-0.2, 0) is 10.4 Å². The fourth-order valence-corrected chi connectivity index (χ4v) is 5.98. The lowest BCUT2D eigenvalue weighted by molar-refractivity contribution is -0.152. The number of nitrogens with one attached hydrogen (secondary N) is 1. The molecule has 0 aliphatic carbocycles. The molecule has 11 heteroatoms. The first-order chi connectivity index (χ1) is 18.1. The molecule has 3 aliphatic rings. The summed E-state index contributed by atoms with van der Waals surface area (Å²) in [4.78, 5) is 31.6. The van der Waals surface area contributed by atoms with Crippen molar-refractivity contribution in [2.24, 2.45) is 5.73 Å². The third-order valence-corrected chi connectivity index (χ3v) is 8.38. The van der Waals surface area contributed by atoms with E-state index in [2.05, 4.69) is 10.2 Å². The molecule has 0 radical (unpaired) electrons. The number of aliphatic hydroxyl groups is 1. The monoisotopic (exact) mass is 577 g/mol. The maximum Gasteiger partial charge on any atom is 0.258 e. The second-order valence-corrected chi connectivity index (χ2v) is 11.3. The number of halogens is 2. The van der Waals surface area contributed by atoms with Gasteiger partial charge < -0.3 is 26.0 Å². The highest BCUT2D eigenvalue weighted by molar-refractivity contribution is 7.59. The van der Waals surface area contributed by atoms with E-state index in [0.29, 0.717) is 42.8 Å². The number of benzene rings is 2. The molecule has 0 saturated carbocycles. The lowest BCUT2D eigenvalue weighted by Gasteiger charge is -2.48. The van der Waals surface area contributed by atoms with Gasteiger partial charge in [-0.3, -0.25) is 14.5 Å². The van der Waals surface area contributed by atoms with Gasteiger partial charge in [-0.2, -0.15) is 13.5 Å². The fourth-order valence-electron chi connectivity index (χ4n) is 5.71. The molecule has 212 valence electrons. The second-order valence-electron chi connectivity index (χ2n) is 10.9.